The zero-order chi connectivity index (χ0) is 15.3. The zero-order valence-corrected chi connectivity index (χ0v) is 14.4. The first kappa shape index (κ1) is 17.3. The van der Waals surface area contributed by atoms with Crippen LogP contribution < -0.4 is 0 Å². The number of hydrogen-bond donors (Lipinski definition) is 0. The highest BCUT2D eigenvalue weighted by Crippen LogP contribution is 2.19. The van der Waals surface area contributed by atoms with Gasteiger partial charge in [0, 0.05) is 24.3 Å². The van der Waals surface area contributed by atoms with Crippen LogP contribution in [0.2, 0.25) is 5.15 Å². The first-order valence-electron chi connectivity index (χ1n) is 6.80. The van der Waals surface area contributed by atoms with Gasteiger partial charge in [-0.25, -0.2) is 4.98 Å². The Kier molecular flexibility index (Phi) is 6.83. The minimum Gasteiger partial charge on any atom is -0.339 e. The third kappa shape index (κ3) is 4.67. The van der Waals surface area contributed by atoms with Crippen LogP contribution >= 0.6 is 23.4 Å². The van der Waals surface area contributed by atoms with E-state index in [0.717, 1.165) is 17.9 Å². The maximum Gasteiger partial charge on any atom is 0.254 e. The van der Waals surface area contributed by atoms with E-state index >= 15 is 0 Å². The smallest absolute Gasteiger partial charge is 0.254 e. The van der Waals surface area contributed by atoms with Gasteiger partial charge in [-0.05, 0) is 43.4 Å². The summed E-state index contributed by atoms with van der Waals surface area (Å²) >= 11 is 7.82. The number of halogens is 1. The van der Waals surface area contributed by atoms with Gasteiger partial charge in [-0.15, -0.1) is 0 Å². The molecule has 1 rings (SSSR count). The number of amides is 1. The molecule has 0 spiro atoms. The topological polar surface area (TPSA) is 33.2 Å². The summed E-state index contributed by atoms with van der Waals surface area (Å²) in [5, 5.41) is 0.379. The Morgan fingerprint density at radius 1 is 1.40 bits per heavy atom. The molecule has 0 aliphatic heterocycles. The van der Waals surface area contributed by atoms with E-state index in [0.29, 0.717) is 10.7 Å². The summed E-state index contributed by atoms with van der Waals surface area (Å²) in [6.07, 6.45) is 3.06. The number of thioether (sulfide) groups is 1. The lowest BCUT2D eigenvalue weighted by Gasteiger charge is -2.25. The van der Waals surface area contributed by atoms with Crippen molar-refractivity contribution in [3.63, 3.8) is 0 Å². The van der Waals surface area contributed by atoms with Gasteiger partial charge >= 0.3 is 0 Å². The molecule has 0 aliphatic carbocycles. The number of aromatic nitrogens is 1. The quantitative estimate of drug-likeness (QED) is 0.742. The van der Waals surface area contributed by atoms with Crippen LogP contribution in [0.4, 0.5) is 0 Å². The molecule has 5 heteroatoms. The first-order chi connectivity index (χ1) is 9.36. The van der Waals surface area contributed by atoms with Crippen molar-refractivity contribution in [2.45, 2.75) is 39.2 Å². The van der Waals surface area contributed by atoms with Crippen LogP contribution in [0.1, 0.15) is 49.2 Å². The van der Waals surface area contributed by atoms with E-state index in [9.17, 15) is 4.79 Å². The van der Waals surface area contributed by atoms with Gasteiger partial charge in [0.15, 0.2) is 0 Å². The lowest BCUT2D eigenvalue weighted by Crippen LogP contribution is -2.35. The second kappa shape index (κ2) is 7.89. The molecule has 0 radical (unpaired) electrons. The van der Waals surface area contributed by atoms with Crippen LogP contribution in [0.25, 0.3) is 0 Å². The molecule has 1 heterocycles. The predicted molar refractivity (Wildman–Crippen MR) is 87.9 cm³/mol. The van der Waals surface area contributed by atoms with E-state index in [1.165, 1.54) is 0 Å². The molecule has 1 atom stereocenters. The second-order valence-corrected chi connectivity index (χ2v) is 6.68. The monoisotopic (exact) mass is 314 g/mol. The number of carbonyl (C=O) groups excluding carboxylic acids is 1. The van der Waals surface area contributed by atoms with Crippen molar-refractivity contribution in [2.75, 3.05) is 19.1 Å². The van der Waals surface area contributed by atoms with E-state index in [2.05, 4.69) is 18.2 Å². The fraction of sp³-hybridized carbons (Fsp3) is 0.600. The van der Waals surface area contributed by atoms with Gasteiger partial charge in [0.25, 0.3) is 5.91 Å². The molecule has 1 aromatic rings. The van der Waals surface area contributed by atoms with Crippen molar-refractivity contribution in [1.82, 2.24) is 9.88 Å². The fourth-order valence-electron chi connectivity index (χ4n) is 1.82. The normalized spacial score (nSPS) is 12.6. The van der Waals surface area contributed by atoms with Crippen LogP contribution in [0.15, 0.2) is 12.1 Å². The third-order valence-corrected chi connectivity index (χ3v) is 4.21. The van der Waals surface area contributed by atoms with Crippen molar-refractivity contribution in [3.8, 4) is 0 Å². The Bertz CT molecular complexity index is 465. The Morgan fingerprint density at radius 3 is 2.60 bits per heavy atom. The molecular formula is C15H23ClN2OS. The van der Waals surface area contributed by atoms with Gasteiger partial charge in [-0.1, -0.05) is 25.4 Å². The van der Waals surface area contributed by atoms with Crippen molar-refractivity contribution < 1.29 is 4.79 Å². The Labute approximate surface area is 131 Å². The summed E-state index contributed by atoms with van der Waals surface area (Å²) in [5.74, 6) is 1.30. The fourth-order valence-corrected chi connectivity index (χ4v) is 2.61. The minimum atomic E-state index is 0.00445. The van der Waals surface area contributed by atoms with Gasteiger partial charge in [-0.2, -0.15) is 11.8 Å². The molecule has 1 aromatic heterocycles. The average Bonchev–Trinajstić information content (AvgIpc) is 2.42. The standard InChI is InChI=1S/C15H23ClN2OS/c1-10(2)13-8-12(9-14(16)17-13)15(19)18(4)11(3)6-7-20-5/h8-11H,6-7H2,1-5H3. The number of nitrogens with zero attached hydrogens (tertiary/aromatic N) is 2. The summed E-state index contributed by atoms with van der Waals surface area (Å²) in [7, 11) is 1.84. The van der Waals surface area contributed by atoms with Gasteiger partial charge in [0.1, 0.15) is 5.15 Å². The van der Waals surface area contributed by atoms with E-state index in [4.69, 9.17) is 11.6 Å². The summed E-state index contributed by atoms with van der Waals surface area (Å²) in [6, 6.07) is 3.70. The Balaban J connectivity index is 2.91. The van der Waals surface area contributed by atoms with Crippen molar-refractivity contribution in [2.24, 2.45) is 0 Å². The van der Waals surface area contributed by atoms with Crippen LogP contribution in [0.3, 0.4) is 0 Å². The van der Waals surface area contributed by atoms with Gasteiger partial charge < -0.3 is 4.90 Å². The summed E-state index contributed by atoms with van der Waals surface area (Å²) in [6.45, 7) is 6.15. The van der Waals surface area contributed by atoms with Crippen LogP contribution in [0, 0.1) is 0 Å². The summed E-state index contributed by atoms with van der Waals surface area (Å²) in [5.41, 5.74) is 1.47. The molecule has 0 aliphatic rings. The molecule has 0 saturated carbocycles. The van der Waals surface area contributed by atoms with E-state index < -0.39 is 0 Å². The van der Waals surface area contributed by atoms with E-state index in [1.54, 1.807) is 22.7 Å². The van der Waals surface area contributed by atoms with Crippen LogP contribution in [-0.4, -0.2) is 40.9 Å². The molecule has 20 heavy (non-hydrogen) atoms. The highest BCUT2D eigenvalue weighted by Gasteiger charge is 2.19. The second-order valence-electron chi connectivity index (χ2n) is 5.30. The zero-order valence-electron chi connectivity index (χ0n) is 12.8. The first-order valence-corrected chi connectivity index (χ1v) is 8.57. The van der Waals surface area contributed by atoms with Crippen molar-refractivity contribution >= 4 is 29.3 Å². The number of carbonyl (C=O) groups is 1. The highest BCUT2D eigenvalue weighted by molar-refractivity contribution is 7.98. The largest absolute Gasteiger partial charge is 0.339 e. The lowest BCUT2D eigenvalue weighted by molar-refractivity contribution is 0.0741. The van der Waals surface area contributed by atoms with Gasteiger partial charge in [0.05, 0.1) is 0 Å². The van der Waals surface area contributed by atoms with Crippen molar-refractivity contribution in [1.29, 1.82) is 0 Å². The third-order valence-electron chi connectivity index (χ3n) is 3.37. The van der Waals surface area contributed by atoms with E-state index in [1.807, 2.05) is 27.0 Å². The maximum atomic E-state index is 12.5. The van der Waals surface area contributed by atoms with E-state index in [-0.39, 0.29) is 17.9 Å². The molecular weight excluding hydrogens is 292 g/mol. The average molecular weight is 315 g/mol. The van der Waals surface area contributed by atoms with Gasteiger partial charge in [0.2, 0.25) is 0 Å². The summed E-state index contributed by atoms with van der Waals surface area (Å²) < 4.78 is 0. The van der Waals surface area contributed by atoms with Crippen LogP contribution in [-0.2, 0) is 0 Å². The Hall–Kier alpha value is -0.740. The number of rotatable bonds is 6. The number of pyridine rings is 1. The molecule has 1 unspecified atom stereocenters. The van der Waals surface area contributed by atoms with Crippen LogP contribution in [0.5, 0.6) is 0 Å². The highest BCUT2D eigenvalue weighted by atomic mass is 35.5. The molecule has 0 aromatic carbocycles. The van der Waals surface area contributed by atoms with Gasteiger partial charge in [-0.3, -0.25) is 4.79 Å². The molecule has 0 saturated heterocycles. The van der Waals surface area contributed by atoms with Crippen molar-refractivity contribution in [3.05, 3.63) is 28.5 Å². The molecule has 0 bridgehead atoms. The molecule has 0 N–H and O–H groups in total. The SMILES string of the molecule is CSCCC(C)N(C)C(=O)c1cc(Cl)nc(C(C)C)c1. The summed E-state index contributed by atoms with van der Waals surface area (Å²) in [4.78, 5) is 18.6. The lowest BCUT2D eigenvalue weighted by atomic mass is 10.1. The minimum absolute atomic E-state index is 0.00445. The molecule has 3 nitrogen and oxygen atoms in total. The Morgan fingerprint density at radius 2 is 2.05 bits per heavy atom. The number of hydrogen-bond acceptors (Lipinski definition) is 3. The molecule has 112 valence electrons. The maximum absolute atomic E-state index is 12.5. The molecule has 1 amide bonds. The molecule has 0 fully saturated rings. The predicted octanol–water partition coefficient (Wildman–Crippen LogP) is 4.07.